The zero-order valence-electron chi connectivity index (χ0n) is 9.14. The van der Waals surface area contributed by atoms with E-state index in [1.165, 1.54) is 17.3 Å². The van der Waals surface area contributed by atoms with E-state index in [0.717, 1.165) is 6.42 Å². The summed E-state index contributed by atoms with van der Waals surface area (Å²) in [5.74, 6) is 0.305. The highest BCUT2D eigenvalue weighted by Crippen LogP contribution is 2.26. The summed E-state index contributed by atoms with van der Waals surface area (Å²) in [6.07, 6.45) is 2.25. The van der Waals surface area contributed by atoms with Gasteiger partial charge in [-0.3, -0.25) is 0 Å². The SMILES string of the molecule is N=CCC(c1ccccc1)c1ccccc1. The molecule has 0 bridgehead atoms. The first-order valence-electron chi connectivity index (χ1n) is 5.50. The first-order valence-corrected chi connectivity index (χ1v) is 5.50. The zero-order valence-corrected chi connectivity index (χ0v) is 9.14. The Balaban J connectivity index is 2.35. The van der Waals surface area contributed by atoms with Crippen LogP contribution < -0.4 is 0 Å². The summed E-state index contributed by atoms with van der Waals surface area (Å²) in [6, 6.07) is 20.8. The van der Waals surface area contributed by atoms with Crippen molar-refractivity contribution in [1.82, 2.24) is 0 Å². The van der Waals surface area contributed by atoms with Crippen LogP contribution in [-0.2, 0) is 0 Å². The highest BCUT2D eigenvalue weighted by Gasteiger charge is 2.11. The van der Waals surface area contributed by atoms with Gasteiger partial charge in [-0.15, -0.1) is 0 Å². The molecule has 80 valence electrons. The molecule has 0 spiro atoms. The fourth-order valence-electron chi connectivity index (χ4n) is 1.95. The van der Waals surface area contributed by atoms with Gasteiger partial charge in [0.05, 0.1) is 0 Å². The van der Waals surface area contributed by atoms with Crippen LogP contribution in [0, 0.1) is 5.41 Å². The second kappa shape index (κ2) is 5.26. The van der Waals surface area contributed by atoms with Crippen LogP contribution in [-0.4, -0.2) is 6.21 Å². The molecule has 1 N–H and O–H groups in total. The lowest BCUT2D eigenvalue weighted by molar-refractivity contribution is 0.862. The van der Waals surface area contributed by atoms with Crippen LogP contribution in [0.4, 0.5) is 0 Å². The third-order valence-electron chi connectivity index (χ3n) is 2.76. The van der Waals surface area contributed by atoms with Crippen molar-refractivity contribution in [3.05, 3.63) is 71.8 Å². The van der Waals surface area contributed by atoms with E-state index in [-0.39, 0.29) is 0 Å². The minimum atomic E-state index is 0.305. The van der Waals surface area contributed by atoms with Gasteiger partial charge in [0.15, 0.2) is 0 Å². The number of hydrogen-bond acceptors (Lipinski definition) is 1. The lowest BCUT2D eigenvalue weighted by Gasteiger charge is -2.15. The van der Waals surface area contributed by atoms with Crippen LogP contribution in [0.5, 0.6) is 0 Å². The minimum absolute atomic E-state index is 0.305. The number of nitrogens with one attached hydrogen (secondary N) is 1. The predicted molar refractivity (Wildman–Crippen MR) is 68.1 cm³/mol. The Bertz CT molecular complexity index is 394. The van der Waals surface area contributed by atoms with Gasteiger partial charge in [0.2, 0.25) is 0 Å². The van der Waals surface area contributed by atoms with Crippen molar-refractivity contribution in [1.29, 1.82) is 5.41 Å². The van der Waals surface area contributed by atoms with E-state index in [1.807, 2.05) is 12.1 Å². The fourth-order valence-corrected chi connectivity index (χ4v) is 1.95. The molecule has 0 amide bonds. The smallest absolute Gasteiger partial charge is 0.0138 e. The normalized spacial score (nSPS) is 10.3. The van der Waals surface area contributed by atoms with Crippen molar-refractivity contribution in [3.63, 3.8) is 0 Å². The maximum Gasteiger partial charge on any atom is 0.0138 e. The summed E-state index contributed by atoms with van der Waals surface area (Å²) in [5, 5.41) is 7.31. The van der Waals surface area contributed by atoms with Gasteiger partial charge in [-0.25, -0.2) is 0 Å². The second-order valence-corrected chi connectivity index (χ2v) is 3.81. The molecule has 0 aliphatic heterocycles. The molecule has 0 aliphatic rings. The highest BCUT2D eigenvalue weighted by atomic mass is 14.3. The van der Waals surface area contributed by atoms with Crippen molar-refractivity contribution in [3.8, 4) is 0 Å². The quantitative estimate of drug-likeness (QED) is 0.739. The second-order valence-electron chi connectivity index (χ2n) is 3.81. The van der Waals surface area contributed by atoms with E-state index in [1.54, 1.807) is 0 Å². The number of benzene rings is 2. The fraction of sp³-hybridized carbons (Fsp3) is 0.133. The Morgan fingerprint density at radius 1 is 0.812 bits per heavy atom. The molecule has 2 aromatic rings. The molecule has 1 heteroatoms. The van der Waals surface area contributed by atoms with Crippen LogP contribution in [0.2, 0.25) is 0 Å². The molecule has 0 heterocycles. The van der Waals surface area contributed by atoms with Gasteiger partial charge in [-0.2, -0.15) is 0 Å². The lowest BCUT2D eigenvalue weighted by Crippen LogP contribution is -2.01. The molecule has 0 fully saturated rings. The Morgan fingerprint density at radius 3 is 1.62 bits per heavy atom. The average molecular weight is 209 g/mol. The molecular weight excluding hydrogens is 194 g/mol. The van der Waals surface area contributed by atoms with Gasteiger partial charge in [0.1, 0.15) is 0 Å². The van der Waals surface area contributed by atoms with Gasteiger partial charge < -0.3 is 5.41 Å². The van der Waals surface area contributed by atoms with Gasteiger partial charge in [-0.05, 0) is 23.8 Å². The maximum absolute atomic E-state index is 7.31. The van der Waals surface area contributed by atoms with Crippen molar-refractivity contribution >= 4 is 6.21 Å². The van der Waals surface area contributed by atoms with Gasteiger partial charge in [0, 0.05) is 5.92 Å². The zero-order chi connectivity index (χ0) is 11.2. The highest BCUT2D eigenvalue weighted by molar-refractivity contribution is 5.56. The van der Waals surface area contributed by atoms with Crippen molar-refractivity contribution in [2.75, 3.05) is 0 Å². The summed E-state index contributed by atoms with van der Waals surface area (Å²) < 4.78 is 0. The predicted octanol–water partition coefficient (Wildman–Crippen LogP) is 3.86. The van der Waals surface area contributed by atoms with E-state index in [2.05, 4.69) is 48.5 Å². The first-order chi connectivity index (χ1) is 7.92. The molecule has 0 saturated carbocycles. The van der Waals surface area contributed by atoms with Crippen LogP contribution in [0.3, 0.4) is 0 Å². The minimum Gasteiger partial charge on any atom is -0.313 e. The van der Waals surface area contributed by atoms with E-state index in [4.69, 9.17) is 5.41 Å². The van der Waals surface area contributed by atoms with E-state index < -0.39 is 0 Å². The summed E-state index contributed by atoms with van der Waals surface area (Å²) in [4.78, 5) is 0. The Labute approximate surface area is 96.3 Å². The summed E-state index contributed by atoms with van der Waals surface area (Å²) in [6.45, 7) is 0. The van der Waals surface area contributed by atoms with Crippen molar-refractivity contribution in [2.24, 2.45) is 0 Å². The number of rotatable bonds is 4. The summed E-state index contributed by atoms with van der Waals surface area (Å²) in [5.41, 5.74) is 2.55. The molecule has 16 heavy (non-hydrogen) atoms. The Morgan fingerprint density at radius 2 is 1.25 bits per heavy atom. The lowest BCUT2D eigenvalue weighted by atomic mass is 9.89. The summed E-state index contributed by atoms with van der Waals surface area (Å²) >= 11 is 0. The van der Waals surface area contributed by atoms with Gasteiger partial charge in [0.25, 0.3) is 0 Å². The monoisotopic (exact) mass is 209 g/mol. The van der Waals surface area contributed by atoms with Crippen molar-refractivity contribution < 1.29 is 0 Å². The first kappa shape index (κ1) is 10.6. The standard InChI is InChI=1S/C15H15N/c16-12-11-15(13-7-3-1-4-8-13)14-9-5-2-6-10-14/h1-10,12,15-16H,11H2. The molecule has 2 aromatic carbocycles. The molecule has 0 atom stereocenters. The van der Waals surface area contributed by atoms with Gasteiger partial charge in [-0.1, -0.05) is 60.7 Å². The summed E-state index contributed by atoms with van der Waals surface area (Å²) in [7, 11) is 0. The molecule has 1 nitrogen and oxygen atoms in total. The van der Waals surface area contributed by atoms with Crippen LogP contribution in [0.15, 0.2) is 60.7 Å². The molecule has 0 aliphatic carbocycles. The molecular formula is C15H15N. The molecule has 0 unspecified atom stereocenters. The Hall–Kier alpha value is -1.89. The van der Waals surface area contributed by atoms with E-state index in [0.29, 0.717) is 5.92 Å². The average Bonchev–Trinajstić information content (AvgIpc) is 2.38. The van der Waals surface area contributed by atoms with Gasteiger partial charge >= 0.3 is 0 Å². The van der Waals surface area contributed by atoms with E-state index in [9.17, 15) is 0 Å². The molecule has 0 saturated heterocycles. The molecule has 0 aromatic heterocycles. The molecule has 0 radical (unpaired) electrons. The van der Waals surface area contributed by atoms with E-state index >= 15 is 0 Å². The van der Waals surface area contributed by atoms with Crippen LogP contribution in [0.25, 0.3) is 0 Å². The Kier molecular flexibility index (Phi) is 3.50. The molecule has 2 rings (SSSR count). The number of hydrogen-bond donors (Lipinski definition) is 1. The largest absolute Gasteiger partial charge is 0.313 e. The topological polar surface area (TPSA) is 23.9 Å². The van der Waals surface area contributed by atoms with Crippen molar-refractivity contribution in [2.45, 2.75) is 12.3 Å². The van der Waals surface area contributed by atoms with Crippen LogP contribution in [0.1, 0.15) is 23.5 Å². The third-order valence-corrected chi connectivity index (χ3v) is 2.76. The third kappa shape index (κ3) is 2.37. The maximum atomic E-state index is 7.31. The van der Waals surface area contributed by atoms with Crippen LogP contribution >= 0.6 is 0 Å².